The number of amides is 1. The van der Waals surface area contributed by atoms with Crippen molar-refractivity contribution in [3.05, 3.63) is 17.7 Å². The fourth-order valence-corrected chi connectivity index (χ4v) is 1.96. The summed E-state index contributed by atoms with van der Waals surface area (Å²) in [5, 5.41) is 11.6. The van der Waals surface area contributed by atoms with Crippen molar-refractivity contribution in [2.75, 3.05) is 12.1 Å². The third-order valence-corrected chi connectivity index (χ3v) is 2.89. The van der Waals surface area contributed by atoms with E-state index in [2.05, 4.69) is 0 Å². The second-order valence-corrected chi connectivity index (χ2v) is 3.91. The molecule has 0 spiro atoms. The van der Waals surface area contributed by atoms with Crippen LogP contribution in [0.5, 0.6) is 11.5 Å². The molecule has 0 fully saturated rings. The normalized spacial score (nSPS) is 25.0. The van der Waals surface area contributed by atoms with E-state index in [4.69, 9.17) is 9.47 Å². The van der Waals surface area contributed by atoms with Gasteiger partial charge >= 0.3 is 6.18 Å². The van der Waals surface area contributed by atoms with Gasteiger partial charge in [-0.3, -0.25) is 4.79 Å². The van der Waals surface area contributed by atoms with Gasteiger partial charge < -0.3 is 19.9 Å². The maximum absolute atomic E-state index is 12.8. The zero-order valence-corrected chi connectivity index (χ0v) is 8.67. The van der Waals surface area contributed by atoms with E-state index in [0.29, 0.717) is 0 Å². The molecule has 1 aromatic rings. The fraction of sp³-hybridized carbons (Fsp3) is 0.300. The zero-order chi connectivity index (χ0) is 13.1. The molecule has 2 N–H and O–H groups in total. The molecule has 0 aliphatic carbocycles. The summed E-state index contributed by atoms with van der Waals surface area (Å²) in [7, 11) is 0. The van der Waals surface area contributed by atoms with Crippen LogP contribution in [0.1, 0.15) is 5.56 Å². The second-order valence-electron chi connectivity index (χ2n) is 3.91. The van der Waals surface area contributed by atoms with Crippen LogP contribution in [0.2, 0.25) is 0 Å². The number of carbonyl (C=O) groups is 1. The number of hydrogen-bond acceptors (Lipinski definition) is 4. The van der Waals surface area contributed by atoms with Gasteiger partial charge in [0.05, 0.1) is 5.69 Å². The highest BCUT2D eigenvalue weighted by Crippen LogP contribution is 2.50. The van der Waals surface area contributed by atoms with E-state index in [0.717, 1.165) is 6.07 Å². The van der Waals surface area contributed by atoms with Gasteiger partial charge in [-0.2, -0.15) is 13.2 Å². The molecule has 8 heteroatoms. The monoisotopic (exact) mass is 261 g/mol. The van der Waals surface area contributed by atoms with Crippen molar-refractivity contribution >= 4 is 11.6 Å². The Morgan fingerprint density at radius 3 is 2.50 bits per heavy atom. The van der Waals surface area contributed by atoms with E-state index < -0.39 is 23.2 Å². The lowest BCUT2D eigenvalue weighted by atomic mass is 9.94. The Morgan fingerprint density at radius 1 is 1.28 bits per heavy atom. The van der Waals surface area contributed by atoms with Crippen molar-refractivity contribution in [2.24, 2.45) is 0 Å². The molecule has 1 atom stereocenters. The number of halogens is 3. The van der Waals surface area contributed by atoms with Crippen molar-refractivity contribution in [1.29, 1.82) is 0 Å². The molecule has 0 radical (unpaired) electrons. The van der Waals surface area contributed by atoms with Crippen molar-refractivity contribution in [3.63, 3.8) is 0 Å². The number of anilines is 1. The number of hydrogen-bond donors (Lipinski definition) is 2. The molecular weight excluding hydrogens is 255 g/mol. The maximum atomic E-state index is 12.8. The number of fused-ring (bicyclic) bond motifs is 2. The molecule has 1 amide bonds. The predicted molar refractivity (Wildman–Crippen MR) is 51.1 cm³/mol. The Bertz CT molecular complexity index is 557. The minimum Gasteiger partial charge on any atom is -0.454 e. The first-order valence-corrected chi connectivity index (χ1v) is 4.88. The van der Waals surface area contributed by atoms with Crippen LogP contribution in [0.3, 0.4) is 0 Å². The first-order valence-electron chi connectivity index (χ1n) is 4.88. The number of benzene rings is 1. The number of aliphatic hydroxyl groups is 1. The molecule has 0 bridgehead atoms. The molecule has 18 heavy (non-hydrogen) atoms. The summed E-state index contributed by atoms with van der Waals surface area (Å²) in [6, 6.07) is 2.16. The minimum atomic E-state index is -5.12. The van der Waals surface area contributed by atoms with E-state index in [9.17, 15) is 23.1 Å². The first kappa shape index (κ1) is 11.1. The molecular formula is C10H6F3NO4. The standard InChI is InChI=1S/C10H6F3NO4/c11-10(12,13)9(16)4-1-6-7(18-3-17-6)2-5(4)14-8(9)15/h1-2,16H,3H2,(H,14,15). The van der Waals surface area contributed by atoms with Gasteiger partial charge in [0.15, 0.2) is 11.5 Å². The highest BCUT2D eigenvalue weighted by molar-refractivity contribution is 6.06. The lowest BCUT2D eigenvalue weighted by Gasteiger charge is -2.23. The highest BCUT2D eigenvalue weighted by Gasteiger charge is 2.64. The first-order chi connectivity index (χ1) is 8.34. The van der Waals surface area contributed by atoms with E-state index in [-0.39, 0.29) is 24.0 Å². The Kier molecular flexibility index (Phi) is 1.91. The van der Waals surface area contributed by atoms with Crippen molar-refractivity contribution in [3.8, 4) is 11.5 Å². The molecule has 0 saturated carbocycles. The van der Waals surface area contributed by atoms with Gasteiger partial charge in [0.1, 0.15) is 0 Å². The minimum absolute atomic E-state index is 0.0629. The highest BCUT2D eigenvalue weighted by atomic mass is 19.4. The van der Waals surface area contributed by atoms with Gasteiger partial charge in [0.2, 0.25) is 6.79 Å². The number of carbonyl (C=O) groups excluding carboxylic acids is 1. The van der Waals surface area contributed by atoms with Crippen LogP contribution in [0.25, 0.3) is 0 Å². The van der Waals surface area contributed by atoms with Gasteiger partial charge in [-0.15, -0.1) is 0 Å². The van der Waals surface area contributed by atoms with Gasteiger partial charge in [-0.25, -0.2) is 0 Å². The predicted octanol–water partition coefficient (Wildman–Crippen LogP) is 1.12. The SMILES string of the molecule is O=C1Nc2cc3c(cc2C1(O)C(F)(F)F)OCO3. The topological polar surface area (TPSA) is 67.8 Å². The van der Waals surface area contributed by atoms with Crippen LogP contribution in [0.4, 0.5) is 18.9 Å². The molecule has 1 aromatic carbocycles. The number of nitrogens with one attached hydrogen (secondary N) is 1. The molecule has 3 rings (SSSR count). The average molecular weight is 261 g/mol. The lowest BCUT2D eigenvalue weighted by Crippen LogP contribution is -2.47. The Morgan fingerprint density at radius 2 is 1.89 bits per heavy atom. The van der Waals surface area contributed by atoms with E-state index in [1.807, 2.05) is 5.32 Å². The van der Waals surface area contributed by atoms with Gasteiger partial charge in [-0.1, -0.05) is 0 Å². The number of ether oxygens (including phenoxy) is 2. The molecule has 0 aromatic heterocycles. The number of alkyl halides is 3. The largest absolute Gasteiger partial charge is 0.454 e. The van der Waals surface area contributed by atoms with Crippen LogP contribution < -0.4 is 14.8 Å². The Balaban J connectivity index is 2.21. The summed E-state index contributed by atoms with van der Waals surface area (Å²) >= 11 is 0. The van der Waals surface area contributed by atoms with Crippen molar-refractivity contribution < 1.29 is 32.5 Å². The average Bonchev–Trinajstić information content (AvgIpc) is 2.80. The van der Waals surface area contributed by atoms with Crippen molar-refractivity contribution in [2.45, 2.75) is 11.8 Å². The summed E-state index contributed by atoms with van der Waals surface area (Å²) in [4.78, 5) is 11.4. The Labute approximate surface area is 98.1 Å². The lowest BCUT2D eigenvalue weighted by molar-refractivity contribution is -0.252. The summed E-state index contributed by atoms with van der Waals surface area (Å²) in [6.07, 6.45) is -5.12. The van der Waals surface area contributed by atoms with Gasteiger partial charge in [-0.05, 0) is 6.07 Å². The molecule has 5 nitrogen and oxygen atoms in total. The van der Waals surface area contributed by atoms with Gasteiger partial charge in [0, 0.05) is 11.6 Å². The van der Waals surface area contributed by atoms with Gasteiger partial charge in [0.25, 0.3) is 11.5 Å². The maximum Gasteiger partial charge on any atom is 0.430 e. The van der Waals surface area contributed by atoms with E-state index in [1.165, 1.54) is 6.07 Å². The Hall–Kier alpha value is -1.96. The summed E-state index contributed by atoms with van der Waals surface area (Å²) < 4.78 is 48.4. The third kappa shape index (κ3) is 1.18. The molecule has 2 heterocycles. The summed E-state index contributed by atoms with van der Waals surface area (Å²) in [6.45, 7) is -0.114. The quantitative estimate of drug-likeness (QED) is 0.734. The van der Waals surface area contributed by atoms with Crippen LogP contribution >= 0.6 is 0 Å². The summed E-state index contributed by atoms with van der Waals surface area (Å²) in [5.74, 6) is -1.25. The number of rotatable bonds is 0. The molecule has 0 saturated heterocycles. The van der Waals surface area contributed by atoms with Crippen LogP contribution in [-0.4, -0.2) is 24.0 Å². The van der Waals surface area contributed by atoms with E-state index >= 15 is 0 Å². The van der Waals surface area contributed by atoms with Crippen LogP contribution in [-0.2, 0) is 10.4 Å². The van der Waals surface area contributed by atoms with Crippen LogP contribution in [0.15, 0.2) is 12.1 Å². The fourth-order valence-electron chi connectivity index (χ4n) is 1.96. The smallest absolute Gasteiger partial charge is 0.430 e. The second kappa shape index (κ2) is 3.08. The zero-order valence-electron chi connectivity index (χ0n) is 8.67. The molecule has 2 aliphatic rings. The van der Waals surface area contributed by atoms with Crippen LogP contribution in [0, 0.1) is 0 Å². The third-order valence-electron chi connectivity index (χ3n) is 2.89. The molecule has 96 valence electrons. The molecule has 1 unspecified atom stereocenters. The summed E-state index contributed by atoms with van der Waals surface area (Å²) in [5.41, 5.74) is -4.27. The molecule has 2 aliphatic heterocycles. The van der Waals surface area contributed by atoms with Crippen molar-refractivity contribution in [1.82, 2.24) is 0 Å². The van der Waals surface area contributed by atoms with E-state index in [1.54, 1.807) is 0 Å².